The van der Waals surface area contributed by atoms with Gasteiger partial charge >= 0.3 is 5.97 Å². The number of aryl methyl sites for hydroxylation is 1. The van der Waals surface area contributed by atoms with E-state index >= 15 is 0 Å². The molecule has 0 N–H and O–H groups in total. The fourth-order valence-electron chi connectivity index (χ4n) is 1.51. The van der Waals surface area contributed by atoms with Gasteiger partial charge in [-0.05, 0) is 27.7 Å². The maximum Gasteiger partial charge on any atom is 0.319 e. The highest BCUT2D eigenvalue weighted by Crippen LogP contribution is 2.23. The van der Waals surface area contributed by atoms with E-state index in [1.165, 1.54) is 0 Å². The van der Waals surface area contributed by atoms with E-state index < -0.39 is 5.41 Å². The van der Waals surface area contributed by atoms with Gasteiger partial charge in [0.2, 0.25) is 0 Å². The third-order valence-electron chi connectivity index (χ3n) is 2.40. The van der Waals surface area contributed by atoms with Crippen LogP contribution in [0.2, 0.25) is 0 Å². The lowest BCUT2D eigenvalue weighted by Gasteiger charge is -2.22. The first-order chi connectivity index (χ1) is 7.04. The summed E-state index contributed by atoms with van der Waals surface area (Å²) >= 11 is 0. The molecule has 0 bridgehead atoms. The van der Waals surface area contributed by atoms with Crippen molar-refractivity contribution in [2.45, 2.75) is 39.7 Å². The summed E-state index contributed by atoms with van der Waals surface area (Å²) < 4.78 is 6.99. The Bertz CT molecular complexity index is 342. The first-order valence-electron chi connectivity index (χ1n) is 5.22. The van der Waals surface area contributed by atoms with Crippen molar-refractivity contribution in [3.63, 3.8) is 0 Å². The number of esters is 1. The molecular formula is C11H18N2O2. The van der Waals surface area contributed by atoms with E-state index in [2.05, 4.69) is 4.98 Å². The molecule has 0 aliphatic carbocycles. The molecule has 0 unspecified atom stereocenters. The van der Waals surface area contributed by atoms with E-state index in [-0.39, 0.29) is 5.97 Å². The number of rotatable bonds is 4. The summed E-state index contributed by atoms with van der Waals surface area (Å²) in [6.07, 6.45) is 3.58. The van der Waals surface area contributed by atoms with Gasteiger partial charge in [-0.15, -0.1) is 0 Å². The van der Waals surface area contributed by atoms with Crippen LogP contribution in [0.1, 0.15) is 33.5 Å². The van der Waals surface area contributed by atoms with Gasteiger partial charge in [-0.1, -0.05) is 0 Å². The van der Waals surface area contributed by atoms with E-state index in [9.17, 15) is 4.79 Å². The maximum atomic E-state index is 11.8. The fourth-order valence-corrected chi connectivity index (χ4v) is 1.51. The molecule has 84 valence electrons. The highest BCUT2D eigenvalue weighted by Gasteiger charge is 2.35. The van der Waals surface area contributed by atoms with Crippen LogP contribution in [0.25, 0.3) is 0 Å². The smallest absolute Gasteiger partial charge is 0.319 e. The second-order valence-electron chi connectivity index (χ2n) is 3.88. The lowest BCUT2D eigenvalue weighted by Crippen LogP contribution is -2.34. The molecular weight excluding hydrogens is 192 g/mol. The standard InChI is InChI=1S/C11H18N2O2/c1-5-13-8-7-12-9(13)11(3,4)10(14)15-6-2/h7-8H,5-6H2,1-4H3. The Morgan fingerprint density at radius 1 is 1.53 bits per heavy atom. The topological polar surface area (TPSA) is 44.1 Å². The molecule has 0 saturated heterocycles. The van der Waals surface area contributed by atoms with E-state index in [1.54, 1.807) is 13.1 Å². The van der Waals surface area contributed by atoms with Crippen molar-refractivity contribution in [1.82, 2.24) is 9.55 Å². The summed E-state index contributed by atoms with van der Waals surface area (Å²) in [5.41, 5.74) is -0.685. The molecule has 1 aromatic rings. The van der Waals surface area contributed by atoms with Crippen LogP contribution in [0.4, 0.5) is 0 Å². The minimum absolute atomic E-state index is 0.231. The molecule has 4 nitrogen and oxygen atoms in total. The molecule has 15 heavy (non-hydrogen) atoms. The van der Waals surface area contributed by atoms with Crippen molar-refractivity contribution in [2.24, 2.45) is 0 Å². The maximum absolute atomic E-state index is 11.8. The Morgan fingerprint density at radius 3 is 2.73 bits per heavy atom. The van der Waals surface area contributed by atoms with Crippen LogP contribution in [0.5, 0.6) is 0 Å². The van der Waals surface area contributed by atoms with Gasteiger partial charge in [-0.3, -0.25) is 4.79 Å². The molecule has 1 rings (SSSR count). The van der Waals surface area contributed by atoms with Crippen molar-refractivity contribution >= 4 is 5.97 Å². The fraction of sp³-hybridized carbons (Fsp3) is 0.636. The molecule has 0 atom stereocenters. The molecule has 0 aromatic carbocycles. The highest BCUT2D eigenvalue weighted by atomic mass is 16.5. The molecule has 0 aliphatic rings. The van der Waals surface area contributed by atoms with Gasteiger partial charge in [-0.2, -0.15) is 0 Å². The average molecular weight is 210 g/mol. The number of carbonyl (C=O) groups excluding carboxylic acids is 1. The van der Waals surface area contributed by atoms with Crippen molar-refractivity contribution in [3.8, 4) is 0 Å². The second kappa shape index (κ2) is 4.47. The Hall–Kier alpha value is -1.32. The summed E-state index contributed by atoms with van der Waals surface area (Å²) in [5, 5.41) is 0. The Labute approximate surface area is 90.3 Å². The summed E-state index contributed by atoms with van der Waals surface area (Å²) in [4.78, 5) is 16.0. The third kappa shape index (κ3) is 2.19. The van der Waals surface area contributed by atoms with Gasteiger partial charge in [0.25, 0.3) is 0 Å². The molecule has 0 aliphatic heterocycles. The van der Waals surface area contributed by atoms with E-state index in [0.29, 0.717) is 6.61 Å². The second-order valence-corrected chi connectivity index (χ2v) is 3.88. The molecule has 0 radical (unpaired) electrons. The molecule has 1 aromatic heterocycles. The zero-order valence-electron chi connectivity index (χ0n) is 9.78. The minimum Gasteiger partial charge on any atom is -0.465 e. The van der Waals surface area contributed by atoms with Gasteiger partial charge in [0.1, 0.15) is 11.2 Å². The van der Waals surface area contributed by atoms with Gasteiger partial charge in [0.15, 0.2) is 0 Å². The summed E-state index contributed by atoms with van der Waals surface area (Å²) in [5.74, 6) is 0.523. The Balaban J connectivity index is 2.99. The first kappa shape index (κ1) is 11.8. The van der Waals surface area contributed by atoms with Crippen LogP contribution in [0.3, 0.4) is 0 Å². The quantitative estimate of drug-likeness (QED) is 0.711. The lowest BCUT2D eigenvalue weighted by molar-refractivity contribution is -0.149. The number of hydrogen-bond acceptors (Lipinski definition) is 3. The summed E-state index contributed by atoms with van der Waals surface area (Å²) in [7, 11) is 0. The molecule has 0 fully saturated rings. The molecule has 4 heteroatoms. The SMILES string of the molecule is CCOC(=O)C(C)(C)c1nccn1CC. The Kier molecular flexibility index (Phi) is 3.50. The molecule has 0 spiro atoms. The lowest BCUT2D eigenvalue weighted by atomic mass is 9.92. The number of ether oxygens (including phenoxy) is 1. The van der Waals surface area contributed by atoms with Gasteiger partial charge in [0.05, 0.1) is 6.61 Å². The predicted molar refractivity (Wildman–Crippen MR) is 57.6 cm³/mol. The molecule has 1 heterocycles. The van der Waals surface area contributed by atoms with Gasteiger partial charge in [-0.25, -0.2) is 4.98 Å². The van der Waals surface area contributed by atoms with Crippen LogP contribution in [0, 0.1) is 0 Å². The van der Waals surface area contributed by atoms with E-state index in [1.807, 2.05) is 31.5 Å². The van der Waals surface area contributed by atoms with Gasteiger partial charge < -0.3 is 9.30 Å². The van der Waals surface area contributed by atoms with E-state index in [0.717, 1.165) is 12.4 Å². The normalized spacial score (nSPS) is 11.5. The van der Waals surface area contributed by atoms with Crippen molar-refractivity contribution in [3.05, 3.63) is 18.2 Å². The van der Waals surface area contributed by atoms with E-state index in [4.69, 9.17) is 4.74 Å². The van der Waals surface area contributed by atoms with Crippen molar-refractivity contribution < 1.29 is 9.53 Å². The minimum atomic E-state index is -0.685. The van der Waals surface area contributed by atoms with Crippen LogP contribution in [-0.2, 0) is 21.5 Å². The Morgan fingerprint density at radius 2 is 2.20 bits per heavy atom. The van der Waals surface area contributed by atoms with Crippen molar-refractivity contribution in [1.29, 1.82) is 0 Å². The molecule has 0 saturated carbocycles. The summed E-state index contributed by atoms with van der Waals surface area (Å²) in [6, 6.07) is 0. The number of nitrogens with zero attached hydrogens (tertiary/aromatic N) is 2. The average Bonchev–Trinajstić information content (AvgIpc) is 2.66. The number of aromatic nitrogens is 2. The third-order valence-corrected chi connectivity index (χ3v) is 2.40. The largest absolute Gasteiger partial charge is 0.465 e. The van der Waals surface area contributed by atoms with Crippen molar-refractivity contribution in [2.75, 3.05) is 6.61 Å². The number of carbonyl (C=O) groups is 1. The van der Waals surface area contributed by atoms with Crippen LogP contribution in [-0.4, -0.2) is 22.1 Å². The number of imidazole rings is 1. The zero-order chi connectivity index (χ0) is 11.5. The zero-order valence-corrected chi connectivity index (χ0v) is 9.78. The van der Waals surface area contributed by atoms with Gasteiger partial charge in [0, 0.05) is 18.9 Å². The first-order valence-corrected chi connectivity index (χ1v) is 5.22. The predicted octanol–water partition coefficient (Wildman–Crippen LogP) is 1.74. The van der Waals surface area contributed by atoms with Crippen LogP contribution < -0.4 is 0 Å². The monoisotopic (exact) mass is 210 g/mol. The van der Waals surface area contributed by atoms with Crippen LogP contribution in [0.15, 0.2) is 12.4 Å². The molecule has 0 amide bonds. The van der Waals surface area contributed by atoms with Crippen LogP contribution >= 0.6 is 0 Å². The summed E-state index contributed by atoms with van der Waals surface area (Å²) in [6.45, 7) is 8.69. The highest BCUT2D eigenvalue weighted by molar-refractivity contribution is 5.81. The number of hydrogen-bond donors (Lipinski definition) is 0.